The molecule has 0 aromatic rings. The van der Waals surface area contributed by atoms with Crippen LogP contribution >= 0.6 is 11.8 Å². The van der Waals surface area contributed by atoms with Gasteiger partial charge >= 0.3 is 0 Å². The summed E-state index contributed by atoms with van der Waals surface area (Å²) in [6.45, 7) is 6.76. The second-order valence-electron chi connectivity index (χ2n) is 3.92. The van der Waals surface area contributed by atoms with Crippen molar-refractivity contribution in [3.8, 4) is 0 Å². The lowest BCUT2D eigenvalue weighted by atomic mass is 10.2. The van der Waals surface area contributed by atoms with Crippen LogP contribution in [0.4, 0.5) is 0 Å². The maximum absolute atomic E-state index is 11.5. The van der Waals surface area contributed by atoms with Gasteiger partial charge in [-0.1, -0.05) is 13.3 Å². The molecule has 2 atom stereocenters. The zero-order valence-corrected chi connectivity index (χ0v) is 10.9. The van der Waals surface area contributed by atoms with Crippen molar-refractivity contribution in [1.82, 2.24) is 5.32 Å². The number of carbonyl (C=O) groups is 1. The van der Waals surface area contributed by atoms with Crippen LogP contribution in [-0.4, -0.2) is 29.5 Å². The highest BCUT2D eigenvalue weighted by Gasteiger charge is 2.11. The van der Waals surface area contributed by atoms with Gasteiger partial charge in [0.05, 0.1) is 5.25 Å². The van der Waals surface area contributed by atoms with Gasteiger partial charge in [0.25, 0.3) is 0 Å². The van der Waals surface area contributed by atoms with Crippen LogP contribution in [-0.2, 0) is 4.79 Å². The molecule has 0 radical (unpaired) electrons. The van der Waals surface area contributed by atoms with Gasteiger partial charge in [0, 0.05) is 12.6 Å². The Balaban J connectivity index is 3.51. The topological polar surface area (TPSA) is 55.1 Å². The molecule has 0 fully saturated rings. The van der Waals surface area contributed by atoms with Crippen molar-refractivity contribution in [2.45, 2.75) is 51.3 Å². The highest BCUT2D eigenvalue weighted by molar-refractivity contribution is 8.00. The van der Waals surface area contributed by atoms with Crippen LogP contribution < -0.4 is 11.1 Å². The molecule has 0 spiro atoms. The zero-order valence-electron chi connectivity index (χ0n) is 10.1. The number of hydrogen-bond acceptors (Lipinski definition) is 3. The van der Waals surface area contributed by atoms with Crippen LogP contribution in [0.2, 0.25) is 0 Å². The summed E-state index contributed by atoms with van der Waals surface area (Å²) in [5.41, 5.74) is 5.60. The van der Waals surface area contributed by atoms with Crippen molar-refractivity contribution in [3.63, 3.8) is 0 Å². The van der Waals surface area contributed by atoms with Crippen LogP contribution in [0.1, 0.15) is 40.0 Å². The number of hydrogen-bond donors (Lipinski definition) is 2. The van der Waals surface area contributed by atoms with Crippen molar-refractivity contribution in [3.05, 3.63) is 0 Å². The Morgan fingerprint density at radius 1 is 1.47 bits per heavy atom. The van der Waals surface area contributed by atoms with Crippen LogP contribution in [0.15, 0.2) is 0 Å². The van der Waals surface area contributed by atoms with Crippen molar-refractivity contribution in [2.24, 2.45) is 5.73 Å². The molecular weight excluding hydrogens is 208 g/mol. The van der Waals surface area contributed by atoms with E-state index in [0.717, 1.165) is 12.2 Å². The summed E-state index contributed by atoms with van der Waals surface area (Å²) in [6.07, 6.45) is 3.21. The largest absolute Gasteiger partial charge is 0.355 e. The molecule has 1 amide bonds. The van der Waals surface area contributed by atoms with Crippen molar-refractivity contribution >= 4 is 17.7 Å². The number of thioether (sulfide) groups is 1. The maximum atomic E-state index is 11.5. The molecule has 15 heavy (non-hydrogen) atoms. The molecular formula is C11H24N2OS. The first kappa shape index (κ1) is 14.8. The first-order chi connectivity index (χ1) is 7.07. The van der Waals surface area contributed by atoms with Gasteiger partial charge in [-0.2, -0.15) is 0 Å². The Hall–Kier alpha value is -0.220. The van der Waals surface area contributed by atoms with Gasteiger partial charge in [-0.3, -0.25) is 4.79 Å². The molecule has 0 saturated carbocycles. The minimum absolute atomic E-state index is 0.0598. The SMILES string of the molecule is CCCCSC(C)C(=O)NCCC(C)N. The number of carbonyl (C=O) groups excluding carboxylic acids is 1. The predicted octanol–water partition coefficient (Wildman–Crippen LogP) is 1.76. The van der Waals surface area contributed by atoms with E-state index in [0.29, 0.717) is 6.54 Å². The second-order valence-corrected chi connectivity index (χ2v) is 5.37. The molecule has 0 bridgehead atoms. The first-order valence-corrected chi connectivity index (χ1v) is 6.77. The van der Waals surface area contributed by atoms with E-state index in [1.807, 2.05) is 13.8 Å². The third-order valence-electron chi connectivity index (χ3n) is 2.13. The molecule has 0 aliphatic heterocycles. The lowest BCUT2D eigenvalue weighted by molar-refractivity contribution is -0.120. The Bertz CT molecular complexity index is 174. The Morgan fingerprint density at radius 2 is 2.13 bits per heavy atom. The smallest absolute Gasteiger partial charge is 0.232 e. The molecule has 0 saturated heterocycles. The molecule has 3 nitrogen and oxygen atoms in total. The lowest BCUT2D eigenvalue weighted by Crippen LogP contribution is -2.34. The standard InChI is InChI=1S/C11H24N2OS/c1-4-5-8-15-10(3)11(14)13-7-6-9(2)12/h9-10H,4-8,12H2,1-3H3,(H,13,14). The van der Waals surface area contributed by atoms with E-state index in [2.05, 4.69) is 12.2 Å². The monoisotopic (exact) mass is 232 g/mol. The van der Waals surface area contributed by atoms with E-state index in [4.69, 9.17) is 5.73 Å². The third kappa shape index (κ3) is 8.75. The first-order valence-electron chi connectivity index (χ1n) is 5.72. The number of rotatable bonds is 8. The van der Waals surface area contributed by atoms with Gasteiger partial charge in [-0.25, -0.2) is 0 Å². The van der Waals surface area contributed by atoms with E-state index in [1.165, 1.54) is 12.8 Å². The Morgan fingerprint density at radius 3 is 2.67 bits per heavy atom. The van der Waals surface area contributed by atoms with Gasteiger partial charge in [0.15, 0.2) is 0 Å². The summed E-state index contributed by atoms with van der Waals surface area (Å²) in [7, 11) is 0. The van der Waals surface area contributed by atoms with Crippen molar-refractivity contribution < 1.29 is 4.79 Å². The molecule has 2 unspecified atom stereocenters. The minimum Gasteiger partial charge on any atom is -0.355 e. The quantitative estimate of drug-likeness (QED) is 0.627. The third-order valence-corrected chi connectivity index (χ3v) is 3.37. The van der Waals surface area contributed by atoms with Gasteiger partial charge in [-0.05, 0) is 32.4 Å². The van der Waals surface area contributed by atoms with Crippen LogP contribution in [0.25, 0.3) is 0 Å². The van der Waals surface area contributed by atoms with E-state index < -0.39 is 0 Å². The molecule has 0 aromatic heterocycles. The zero-order chi connectivity index (χ0) is 11.7. The summed E-state index contributed by atoms with van der Waals surface area (Å²) in [5.74, 6) is 1.20. The molecule has 0 aromatic carbocycles. The molecule has 0 aliphatic rings. The summed E-state index contributed by atoms with van der Waals surface area (Å²) in [4.78, 5) is 11.5. The van der Waals surface area contributed by atoms with Crippen LogP contribution in [0.5, 0.6) is 0 Å². The summed E-state index contributed by atoms with van der Waals surface area (Å²) in [6, 6.07) is 0.161. The molecule has 0 aliphatic carbocycles. The fraction of sp³-hybridized carbons (Fsp3) is 0.909. The Kier molecular flexibility index (Phi) is 8.91. The van der Waals surface area contributed by atoms with E-state index in [1.54, 1.807) is 11.8 Å². The lowest BCUT2D eigenvalue weighted by Gasteiger charge is -2.12. The fourth-order valence-electron chi connectivity index (χ4n) is 1.05. The van der Waals surface area contributed by atoms with Crippen LogP contribution in [0, 0.1) is 0 Å². The number of amides is 1. The summed E-state index contributed by atoms with van der Waals surface area (Å²) in [5, 5.41) is 2.96. The molecule has 4 heteroatoms. The fourth-order valence-corrected chi connectivity index (χ4v) is 2.09. The molecule has 0 heterocycles. The molecule has 3 N–H and O–H groups in total. The molecule has 90 valence electrons. The summed E-state index contributed by atoms with van der Waals surface area (Å²) < 4.78 is 0. The summed E-state index contributed by atoms with van der Waals surface area (Å²) >= 11 is 1.72. The molecule has 0 rings (SSSR count). The average molecular weight is 232 g/mol. The average Bonchev–Trinajstić information content (AvgIpc) is 2.17. The highest BCUT2D eigenvalue weighted by atomic mass is 32.2. The number of nitrogens with two attached hydrogens (primary N) is 1. The van der Waals surface area contributed by atoms with Gasteiger partial charge < -0.3 is 11.1 Å². The van der Waals surface area contributed by atoms with E-state index >= 15 is 0 Å². The number of nitrogens with one attached hydrogen (secondary N) is 1. The van der Waals surface area contributed by atoms with Crippen molar-refractivity contribution in [2.75, 3.05) is 12.3 Å². The number of unbranched alkanes of at least 4 members (excludes halogenated alkanes) is 1. The Labute approximate surface area is 97.6 Å². The van der Waals surface area contributed by atoms with Crippen LogP contribution in [0.3, 0.4) is 0 Å². The minimum atomic E-state index is 0.0598. The van der Waals surface area contributed by atoms with Gasteiger partial charge in [-0.15, -0.1) is 11.8 Å². The van der Waals surface area contributed by atoms with Gasteiger partial charge in [0.2, 0.25) is 5.91 Å². The van der Waals surface area contributed by atoms with E-state index in [-0.39, 0.29) is 17.2 Å². The predicted molar refractivity (Wildman–Crippen MR) is 68.1 cm³/mol. The van der Waals surface area contributed by atoms with Gasteiger partial charge in [0.1, 0.15) is 0 Å². The maximum Gasteiger partial charge on any atom is 0.232 e. The van der Waals surface area contributed by atoms with Crippen molar-refractivity contribution in [1.29, 1.82) is 0 Å². The normalized spacial score (nSPS) is 14.7. The highest BCUT2D eigenvalue weighted by Crippen LogP contribution is 2.12. The van der Waals surface area contributed by atoms with E-state index in [9.17, 15) is 4.79 Å². The second kappa shape index (κ2) is 9.04.